The van der Waals surface area contributed by atoms with Gasteiger partial charge in [-0.05, 0) is 37.5 Å². The average Bonchev–Trinajstić information content (AvgIpc) is 2.72. The summed E-state index contributed by atoms with van der Waals surface area (Å²) in [6.45, 7) is 0. The fourth-order valence-corrected chi connectivity index (χ4v) is 2.70. The van der Waals surface area contributed by atoms with Crippen LogP contribution in [0.4, 0.5) is 5.69 Å². The fraction of sp³-hybridized carbons (Fsp3) is 0.333. The van der Waals surface area contributed by atoms with Gasteiger partial charge < -0.3 is 14.9 Å². The van der Waals surface area contributed by atoms with Crippen molar-refractivity contribution in [3.05, 3.63) is 40.2 Å². The Morgan fingerprint density at radius 1 is 1.29 bits per heavy atom. The Balaban J connectivity index is 1.86. The molecule has 0 spiro atoms. The van der Waals surface area contributed by atoms with Gasteiger partial charge in [0.05, 0.1) is 5.69 Å². The lowest BCUT2D eigenvalue weighted by atomic mass is 10.1. The van der Waals surface area contributed by atoms with Gasteiger partial charge in [-0.15, -0.1) is 0 Å². The fourth-order valence-electron chi connectivity index (χ4n) is 2.53. The van der Waals surface area contributed by atoms with Crippen molar-refractivity contribution in [1.82, 2.24) is 5.16 Å². The monoisotopic (exact) mass is 306 g/mol. The number of phenols is 1. The molecule has 0 atom stereocenters. The summed E-state index contributed by atoms with van der Waals surface area (Å²) in [5.74, 6) is 0.370. The molecule has 2 N–H and O–H groups in total. The number of fused-ring (bicyclic) bond motifs is 1. The Kier molecular flexibility index (Phi) is 3.84. The maximum absolute atomic E-state index is 12.3. The summed E-state index contributed by atoms with van der Waals surface area (Å²) in [5, 5.41) is 16.7. The van der Waals surface area contributed by atoms with E-state index in [-0.39, 0.29) is 17.3 Å². The van der Waals surface area contributed by atoms with Gasteiger partial charge in [-0.3, -0.25) is 4.79 Å². The Labute approximate surface area is 126 Å². The van der Waals surface area contributed by atoms with E-state index >= 15 is 0 Å². The minimum atomic E-state index is -0.389. The lowest BCUT2D eigenvalue weighted by Crippen LogP contribution is -2.14. The number of phenolic OH excluding ortho intramolecular Hbond substituents is 1. The lowest BCUT2D eigenvalue weighted by Gasteiger charge is -2.07. The highest BCUT2D eigenvalue weighted by atomic mass is 35.5. The van der Waals surface area contributed by atoms with Crippen molar-refractivity contribution in [3.63, 3.8) is 0 Å². The van der Waals surface area contributed by atoms with E-state index < -0.39 is 0 Å². The van der Waals surface area contributed by atoms with Gasteiger partial charge in [0.1, 0.15) is 11.5 Å². The van der Waals surface area contributed by atoms with Crippen molar-refractivity contribution in [2.75, 3.05) is 5.32 Å². The van der Waals surface area contributed by atoms with E-state index in [0.29, 0.717) is 10.7 Å². The molecule has 6 heteroatoms. The maximum Gasteiger partial charge on any atom is 0.278 e. The van der Waals surface area contributed by atoms with Crippen LogP contribution in [0.2, 0.25) is 5.02 Å². The largest absolute Gasteiger partial charge is 0.506 e. The first-order chi connectivity index (χ1) is 10.1. The standard InChI is InChI=1S/C15H15ClN2O3/c16-9-6-7-12(19)11(8-9)17-15(20)14-10-4-2-1-3-5-13(10)21-18-14/h6-8,19H,1-5H2,(H,17,20). The minimum Gasteiger partial charge on any atom is -0.506 e. The number of amides is 1. The van der Waals surface area contributed by atoms with Gasteiger partial charge in [0.25, 0.3) is 5.91 Å². The minimum absolute atomic E-state index is 0.0395. The molecular formula is C15H15ClN2O3. The van der Waals surface area contributed by atoms with Gasteiger partial charge in [0.2, 0.25) is 0 Å². The molecule has 0 bridgehead atoms. The van der Waals surface area contributed by atoms with Gasteiger partial charge >= 0.3 is 0 Å². The molecule has 0 saturated carbocycles. The number of aromatic nitrogens is 1. The third-order valence-electron chi connectivity index (χ3n) is 3.62. The molecule has 0 saturated heterocycles. The molecule has 0 radical (unpaired) electrons. The highest BCUT2D eigenvalue weighted by Crippen LogP contribution is 2.28. The third-order valence-corrected chi connectivity index (χ3v) is 3.86. The molecule has 1 aromatic carbocycles. The molecule has 1 heterocycles. The van der Waals surface area contributed by atoms with Gasteiger partial charge in [0.15, 0.2) is 5.69 Å². The summed E-state index contributed by atoms with van der Waals surface area (Å²) < 4.78 is 5.28. The second-order valence-corrected chi connectivity index (χ2v) is 5.55. The zero-order valence-corrected chi connectivity index (χ0v) is 12.1. The van der Waals surface area contributed by atoms with Crippen LogP contribution in [0.25, 0.3) is 0 Å². The first-order valence-electron chi connectivity index (χ1n) is 6.92. The van der Waals surface area contributed by atoms with Crippen molar-refractivity contribution < 1.29 is 14.4 Å². The summed E-state index contributed by atoms with van der Waals surface area (Å²) in [4.78, 5) is 12.3. The van der Waals surface area contributed by atoms with Gasteiger partial charge in [-0.25, -0.2) is 0 Å². The van der Waals surface area contributed by atoms with E-state index in [1.807, 2.05) is 0 Å². The summed E-state index contributed by atoms with van der Waals surface area (Å²) in [6, 6.07) is 4.48. The predicted molar refractivity (Wildman–Crippen MR) is 78.8 cm³/mol. The number of anilines is 1. The van der Waals surface area contributed by atoms with Crippen molar-refractivity contribution in [2.45, 2.75) is 32.1 Å². The molecule has 3 rings (SSSR count). The second kappa shape index (κ2) is 5.77. The molecular weight excluding hydrogens is 292 g/mol. The van der Waals surface area contributed by atoms with Crippen LogP contribution in [0.1, 0.15) is 41.1 Å². The quantitative estimate of drug-likeness (QED) is 0.657. The van der Waals surface area contributed by atoms with E-state index in [1.54, 1.807) is 6.07 Å². The van der Waals surface area contributed by atoms with Crippen LogP contribution in [0.15, 0.2) is 22.7 Å². The molecule has 1 aliphatic rings. The number of nitrogens with one attached hydrogen (secondary N) is 1. The summed E-state index contributed by atoms with van der Waals surface area (Å²) in [7, 11) is 0. The number of hydrogen-bond donors (Lipinski definition) is 2. The number of carbonyl (C=O) groups is 1. The zero-order chi connectivity index (χ0) is 14.8. The Morgan fingerprint density at radius 3 is 2.95 bits per heavy atom. The molecule has 0 aliphatic heterocycles. The van der Waals surface area contributed by atoms with E-state index in [0.717, 1.165) is 43.4 Å². The maximum atomic E-state index is 12.3. The van der Waals surface area contributed by atoms with E-state index in [1.165, 1.54) is 12.1 Å². The lowest BCUT2D eigenvalue weighted by molar-refractivity contribution is 0.101. The van der Waals surface area contributed by atoms with Crippen molar-refractivity contribution in [2.24, 2.45) is 0 Å². The molecule has 0 fully saturated rings. The zero-order valence-electron chi connectivity index (χ0n) is 11.4. The molecule has 21 heavy (non-hydrogen) atoms. The topological polar surface area (TPSA) is 75.4 Å². The normalized spacial score (nSPS) is 14.3. The number of aromatic hydroxyl groups is 1. The number of hydrogen-bond acceptors (Lipinski definition) is 4. The van der Waals surface area contributed by atoms with Gasteiger partial charge in [-0.1, -0.05) is 23.2 Å². The first kappa shape index (κ1) is 13.9. The van der Waals surface area contributed by atoms with E-state index in [9.17, 15) is 9.90 Å². The predicted octanol–water partition coefficient (Wildman–Crippen LogP) is 3.55. The van der Waals surface area contributed by atoms with Crippen molar-refractivity contribution >= 4 is 23.2 Å². The average molecular weight is 307 g/mol. The number of nitrogens with zero attached hydrogens (tertiary/aromatic N) is 1. The highest BCUT2D eigenvalue weighted by Gasteiger charge is 2.23. The number of carbonyl (C=O) groups excluding carboxylic acids is 1. The summed E-state index contributed by atoms with van der Waals surface area (Å²) in [6.07, 6.45) is 4.82. The number of aryl methyl sites for hydroxylation is 1. The van der Waals surface area contributed by atoms with Gasteiger partial charge in [0, 0.05) is 17.0 Å². The Hall–Kier alpha value is -2.01. The molecule has 1 aliphatic carbocycles. The first-order valence-corrected chi connectivity index (χ1v) is 7.30. The molecule has 1 aromatic heterocycles. The molecule has 110 valence electrons. The van der Waals surface area contributed by atoms with Crippen LogP contribution in [-0.4, -0.2) is 16.2 Å². The van der Waals surface area contributed by atoms with Crippen LogP contribution in [-0.2, 0) is 12.8 Å². The number of halogens is 1. The SMILES string of the molecule is O=C(Nc1cc(Cl)ccc1O)c1noc2c1CCCCC2. The Morgan fingerprint density at radius 2 is 2.10 bits per heavy atom. The van der Waals surface area contributed by atoms with Crippen LogP contribution in [0.3, 0.4) is 0 Å². The molecule has 2 aromatic rings. The van der Waals surface area contributed by atoms with E-state index in [4.69, 9.17) is 16.1 Å². The number of benzene rings is 1. The van der Waals surface area contributed by atoms with Crippen LogP contribution < -0.4 is 5.32 Å². The summed E-state index contributed by atoms with van der Waals surface area (Å²) >= 11 is 5.87. The van der Waals surface area contributed by atoms with Crippen LogP contribution >= 0.6 is 11.6 Å². The molecule has 1 amide bonds. The smallest absolute Gasteiger partial charge is 0.278 e. The van der Waals surface area contributed by atoms with Crippen LogP contribution in [0, 0.1) is 0 Å². The summed E-state index contributed by atoms with van der Waals surface area (Å²) in [5.41, 5.74) is 1.44. The third kappa shape index (κ3) is 2.88. The van der Waals surface area contributed by atoms with Crippen LogP contribution in [0.5, 0.6) is 5.75 Å². The molecule has 0 unspecified atom stereocenters. The number of rotatable bonds is 2. The van der Waals surface area contributed by atoms with E-state index in [2.05, 4.69) is 10.5 Å². The van der Waals surface area contributed by atoms with Crippen molar-refractivity contribution in [3.8, 4) is 5.75 Å². The second-order valence-electron chi connectivity index (χ2n) is 5.11. The van der Waals surface area contributed by atoms with Gasteiger partial charge in [-0.2, -0.15) is 0 Å². The highest BCUT2D eigenvalue weighted by molar-refractivity contribution is 6.31. The van der Waals surface area contributed by atoms with Crippen molar-refractivity contribution in [1.29, 1.82) is 0 Å². The Bertz CT molecular complexity index is 682. The molecule has 5 nitrogen and oxygen atoms in total.